The average Bonchev–Trinajstić information content (AvgIpc) is 2.82. The number of aryl methyl sites for hydroxylation is 1. The van der Waals surface area contributed by atoms with Crippen molar-refractivity contribution in [3.8, 4) is 0 Å². The van der Waals surface area contributed by atoms with Crippen LogP contribution in [0, 0.1) is 0 Å². The van der Waals surface area contributed by atoms with Gasteiger partial charge in [0.2, 0.25) is 5.91 Å². The second-order valence-electron chi connectivity index (χ2n) is 5.06. The second kappa shape index (κ2) is 5.85. The highest BCUT2D eigenvalue weighted by Gasteiger charge is 2.24. The van der Waals surface area contributed by atoms with Crippen molar-refractivity contribution in [3.63, 3.8) is 0 Å². The molecule has 2 heterocycles. The molecule has 1 fully saturated rings. The monoisotopic (exact) mass is 266 g/mol. The van der Waals surface area contributed by atoms with Crippen LogP contribution < -0.4 is 5.32 Å². The molecule has 100 valence electrons. The van der Waals surface area contributed by atoms with Crippen LogP contribution in [-0.2, 0) is 11.2 Å². The fourth-order valence-electron chi connectivity index (χ4n) is 2.40. The van der Waals surface area contributed by atoms with E-state index < -0.39 is 0 Å². The lowest BCUT2D eigenvalue weighted by Crippen LogP contribution is -2.47. The molecule has 0 aromatic carbocycles. The third kappa shape index (κ3) is 3.12. The Morgan fingerprint density at radius 3 is 2.94 bits per heavy atom. The number of carbonyl (C=O) groups is 1. The molecule has 2 rings (SSSR count). The Kier molecular flexibility index (Phi) is 4.40. The minimum Gasteiger partial charge on any atom is -0.344 e. The summed E-state index contributed by atoms with van der Waals surface area (Å²) in [5.74, 6) is 0.269. The van der Waals surface area contributed by atoms with Crippen molar-refractivity contribution in [2.45, 2.75) is 45.2 Å². The van der Waals surface area contributed by atoms with E-state index >= 15 is 0 Å². The number of hydrogen-bond donors (Lipinski definition) is 1. The van der Waals surface area contributed by atoms with Crippen LogP contribution in [0.4, 0.5) is 0 Å². The summed E-state index contributed by atoms with van der Waals surface area (Å²) >= 11 is 1.89. The van der Waals surface area contributed by atoms with E-state index in [9.17, 15) is 4.79 Å². The summed E-state index contributed by atoms with van der Waals surface area (Å²) in [6.07, 6.45) is 2.74. The molecule has 0 aliphatic carbocycles. The molecule has 0 spiro atoms. The van der Waals surface area contributed by atoms with Gasteiger partial charge in [-0.2, -0.15) is 0 Å². The Hall–Kier alpha value is -0.870. The van der Waals surface area contributed by atoms with Gasteiger partial charge in [-0.1, -0.05) is 6.92 Å². The molecule has 0 bridgehead atoms. The summed E-state index contributed by atoms with van der Waals surface area (Å²) in [4.78, 5) is 16.1. The largest absolute Gasteiger partial charge is 0.344 e. The minimum absolute atomic E-state index is 0.269. The lowest BCUT2D eigenvalue weighted by Gasteiger charge is -2.32. The van der Waals surface area contributed by atoms with Gasteiger partial charge in [0.1, 0.15) is 0 Å². The number of nitrogens with one attached hydrogen (secondary N) is 1. The first-order valence-electron chi connectivity index (χ1n) is 6.68. The summed E-state index contributed by atoms with van der Waals surface area (Å²) < 4.78 is 0. The van der Waals surface area contributed by atoms with Gasteiger partial charge in [-0.3, -0.25) is 4.79 Å². The van der Waals surface area contributed by atoms with Crippen LogP contribution in [0.1, 0.15) is 42.5 Å². The number of carbonyl (C=O) groups excluding carboxylic acids is 1. The van der Waals surface area contributed by atoms with Crippen molar-refractivity contribution >= 4 is 17.2 Å². The zero-order valence-corrected chi connectivity index (χ0v) is 12.2. The molecule has 3 nitrogen and oxygen atoms in total. The van der Waals surface area contributed by atoms with Crippen LogP contribution in [0.3, 0.4) is 0 Å². The zero-order chi connectivity index (χ0) is 13.1. The SMILES string of the molecule is CCc1ccc(C(C)NC2CCC(=O)N(C)C2)s1. The third-order valence-electron chi connectivity index (χ3n) is 3.57. The van der Waals surface area contributed by atoms with Crippen LogP contribution in [0.5, 0.6) is 0 Å². The van der Waals surface area contributed by atoms with E-state index in [1.807, 2.05) is 23.3 Å². The van der Waals surface area contributed by atoms with Crippen LogP contribution in [-0.4, -0.2) is 30.4 Å². The maximum atomic E-state index is 11.4. The summed E-state index contributed by atoms with van der Waals surface area (Å²) in [5, 5.41) is 3.64. The topological polar surface area (TPSA) is 32.3 Å². The molecule has 2 atom stereocenters. The van der Waals surface area contributed by atoms with Gasteiger partial charge in [0.05, 0.1) is 0 Å². The average molecular weight is 266 g/mol. The van der Waals surface area contributed by atoms with Gasteiger partial charge >= 0.3 is 0 Å². The fourth-order valence-corrected chi connectivity index (χ4v) is 3.37. The minimum atomic E-state index is 0.269. The van der Waals surface area contributed by atoms with E-state index in [1.165, 1.54) is 9.75 Å². The molecule has 1 aliphatic heterocycles. The Morgan fingerprint density at radius 2 is 2.33 bits per heavy atom. The fraction of sp³-hybridized carbons (Fsp3) is 0.643. The lowest BCUT2D eigenvalue weighted by molar-refractivity contribution is -0.132. The van der Waals surface area contributed by atoms with Gasteiger partial charge in [0.15, 0.2) is 0 Å². The summed E-state index contributed by atoms with van der Waals surface area (Å²) in [6, 6.07) is 5.24. The molecule has 2 unspecified atom stereocenters. The summed E-state index contributed by atoms with van der Waals surface area (Å²) in [6.45, 7) is 5.23. The molecule has 0 radical (unpaired) electrons. The van der Waals surface area contributed by atoms with Gasteiger partial charge in [0.25, 0.3) is 0 Å². The number of piperidine rings is 1. The molecule has 18 heavy (non-hydrogen) atoms. The molecule has 1 aromatic heterocycles. The normalized spacial score (nSPS) is 22.3. The Labute approximate surface area is 113 Å². The first-order chi connectivity index (χ1) is 8.60. The Morgan fingerprint density at radius 1 is 1.56 bits per heavy atom. The van der Waals surface area contributed by atoms with Crippen molar-refractivity contribution in [2.24, 2.45) is 0 Å². The van der Waals surface area contributed by atoms with E-state index in [1.54, 1.807) is 0 Å². The zero-order valence-electron chi connectivity index (χ0n) is 11.4. The molecule has 1 saturated heterocycles. The summed E-state index contributed by atoms with van der Waals surface area (Å²) in [7, 11) is 1.89. The molecule has 1 aliphatic rings. The number of likely N-dealkylation sites (N-methyl/N-ethyl adjacent to an activating group) is 1. The lowest BCUT2D eigenvalue weighted by atomic mass is 10.0. The molecule has 1 amide bonds. The maximum absolute atomic E-state index is 11.4. The molecule has 4 heteroatoms. The number of hydrogen-bond acceptors (Lipinski definition) is 3. The van der Waals surface area contributed by atoms with Crippen LogP contribution >= 0.6 is 11.3 Å². The van der Waals surface area contributed by atoms with Crippen LogP contribution in [0.25, 0.3) is 0 Å². The van der Waals surface area contributed by atoms with Crippen LogP contribution in [0.15, 0.2) is 12.1 Å². The standard InChI is InChI=1S/C14H22N2OS/c1-4-12-6-7-13(18-12)10(2)15-11-5-8-14(17)16(3)9-11/h6-7,10-11,15H,4-5,8-9H2,1-3H3. The van der Waals surface area contributed by atoms with Crippen molar-refractivity contribution in [2.75, 3.05) is 13.6 Å². The van der Waals surface area contributed by atoms with Crippen molar-refractivity contribution < 1.29 is 4.79 Å². The predicted octanol–water partition coefficient (Wildman–Crippen LogP) is 2.58. The predicted molar refractivity (Wildman–Crippen MR) is 75.9 cm³/mol. The van der Waals surface area contributed by atoms with Crippen molar-refractivity contribution in [3.05, 3.63) is 21.9 Å². The summed E-state index contributed by atoms with van der Waals surface area (Å²) in [5.41, 5.74) is 0. The smallest absolute Gasteiger partial charge is 0.222 e. The van der Waals surface area contributed by atoms with Gasteiger partial charge in [-0.15, -0.1) is 11.3 Å². The van der Waals surface area contributed by atoms with Gasteiger partial charge in [0, 0.05) is 41.9 Å². The molecule has 0 saturated carbocycles. The van der Waals surface area contributed by atoms with E-state index in [-0.39, 0.29) is 5.91 Å². The molecule has 1 aromatic rings. The maximum Gasteiger partial charge on any atom is 0.222 e. The highest BCUT2D eigenvalue weighted by molar-refractivity contribution is 7.12. The Bertz CT molecular complexity index is 416. The molecular weight excluding hydrogens is 244 g/mol. The van der Waals surface area contributed by atoms with Gasteiger partial charge in [-0.25, -0.2) is 0 Å². The second-order valence-corrected chi connectivity index (χ2v) is 6.26. The number of likely N-dealkylation sites (tertiary alicyclic amines) is 1. The van der Waals surface area contributed by atoms with Crippen molar-refractivity contribution in [1.29, 1.82) is 0 Å². The molecule has 1 N–H and O–H groups in total. The molecular formula is C14H22N2OS. The van der Waals surface area contributed by atoms with Crippen LogP contribution in [0.2, 0.25) is 0 Å². The van der Waals surface area contributed by atoms with E-state index in [0.717, 1.165) is 19.4 Å². The van der Waals surface area contributed by atoms with E-state index in [2.05, 4.69) is 31.3 Å². The number of amides is 1. The highest BCUT2D eigenvalue weighted by Crippen LogP contribution is 2.24. The van der Waals surface area contributed by atoms with E-state index in [0.29, 0.717) is 18.5 Å². The number of thiophene rings is 1. The first kappa shape index (κ1) is 13.6. The quantitative estimate of drug-likeness (QED) is 0.908. The number of nitrogens with zero attached hydrogens (tertiary/aromatic N) is 1. The number of rotatable bonds is 4. The first-order valence-corrected chi connectivity index (χ1v) is 7.50. The highest BCUT2D eigenvalue weighted by atomic mass is 32.1. The van der Waals surface area contributed by atoms with E-state index in [4.69, 9.17) is 0 Å². The van der Waals surface area contributed by atoms with Gasteiger partial charge < -0.3 is 10.2 Å². The van der Waals surface area contributed by atoms with Crippen molar-refractivity contribution in [1.82, 2.24) is 10.2 Å². The van der Waals surface area contributed by atoms with Gasteiger partial charge in [-0.05, 0) is 31.9 Å². The Balaban J connectivity index is 1.91. The third-order valence-corrected chi connectivity index (χ3v) is 4.98.